The van der Waals surface area contributed by atoms with Crippen LogP contribution in [0.4, 0.5) is 4.39 Å². The summed E-state index contributed by atoms with van der Waals surface area (Å²) in [6.07, 6.45) is 2.86. The summed E-state index contributed by atoms with van der Waals surface area (Å²) in [5.41, 5.74) is 0.570. The maximum absolute atomic E-state index is 13.6. The molecule has 0 aliphatic heterocycles. The molecule has 18 heavy (non-hydrogen) atoms. The summed E-state index contributed by atoms with van der Waals surface area (Å²) in [5, 5.41) is 12.2. The lowest BCUT2D eigenvalue weighted by molar-refractivity contribution is 0.283. The Morgan fingerprint density at radius 3 is 3.00 bits per heavy atom. The lowest BCUT2D eigenvalue weighted by Crippen LogP contribution is -2.31. The largest absolute Gasteiger partial charge is 0.490 e. The number of halogens is 1. The van der Waals surface area contributed by atoms with E-state index in [4.69, 9.17) is 10.00 Å². The van der Waals surface area contributed by atoms with Crippen molar-refractivity contribution >= 4 is 0 Å². The Hall–Kier alpha value is -1.60. The average Bonchev–Trinajstić information content (AvgIpc) is 3.17. The Balaban J connectivity index is 1.80. The quantitative estimate of drug-likeness (QED) is 0.841. The van der Waals surface area contributed by atoms with Gasteiger partial charge in [0.1, 0.15) is 0 Å². The molecule has 1 aliphatic rings. The van der Waals surface area contributed by atoms with Gasteiger partial charge in [-0.05, 0) is 31.4 Å². The molecule has 3 nitrogen and oxygen atoms in total. The molecule has 1 aromatic carbocycles. The van der Waals surface area contributed by atoms with Crippen LogP contribution in [0.5, 0.6) is 5.75 Å². The van der Waals surface area contributed by atoms with Crippen molar-refractivity contribution in [1.82, 2.24) is 5.32 Å². The molecule has 1 atom stereocenters. The van der Waals surface area contributed by atoms with E-state index in [-0.39, 0.29) is 17.6 Å². The van der Waals surface area contributed by atoms with Gasteiger partial charge in [0.2, 0.25) is 0 Å². The van der Waals surface area contributed by atoms with Crippen LogP contribution in [0.15, 0.2) is 18.2 Å². The number of rotatable bonds is 6. The minimum Gasteiger partial charge on any atom is -0.490 e. The van der Waals surface area contributed by atoms with E-state index in [2.05, 4.69) is 11.4 Å². The van der Waals surface area contributed by atoms with Crippen LogP contribution in [-0.2, 0) is 0 Å². The number of aryl methyl sites for hydroxylation is 1. The van der Waals surface area contributed by atoms with E-state index in [0.29, 0.717) is 24.6 Å². The van der Waals surface area contributed by atoms with E-state index in [9.17, 15) is 4.39 Å². The first-order valence-corrected chi connectivity index (χ1v) is 6.24. The predicted molar refractivity (Wildman–Crippen MR) is 66.8 cm³/mol. The fourth-order valence-electron chi connectivity index (χ4n) is 1.74. The Morgan fingerprint density at radius 1 is 1.56 bits per heavy atom. The molecule has 1 saturated carbocycles. The molecule has 0 heterocycles. The van der Waals surface area contributed by atoms with Gasteiger partial charge in [-0.15, -0.1) is 0 Å². The van der Waals surface area contributed by atoms with E-state index in [1.807, 2.05) is 0 Å². The van der Waals surface area contributed by atoms with E-state index in [1.54, 1.807) is 25.1 Å². The molecule has 1 N–H and O–H groups in total. The van der Waals surface area contributed by atoms with Crippen molar-refractivity contribution in [3.8, 4) is 11.8 Å². The number of hydrogen-bond donors (Lipinski definition) is 1. The predicted octanol–water partition coefficient (Wildman–Crippen LogP) is 2.55. The molecular weight excluding hydrogens is 231 g/mol. The smallest absolute Gasteiger partial charge is 0.167 e. The van der Waals surface area contributed by atoms with Gasteiger partial charge in [0.05, 0.1) is 18.7 Å². The van der Waals surface area contributed by atoms with Gasteiger partial charge in [-0.3, -0.25) is 5.32 Å². The first kappa shape index (κ1) is 12.8. The molecule has 2 rings (SSSR count). The second-order valence-electron chi connectivity index (χ2n) is 4.65. The molecule has 1 fully saturated rings. The monoisotopic (exact) mass is 248 g/mol. The summed E-state index contributed by atoms with van der Waals surface area (Å²) in [7, 11) is 0. The van der Waals surface area contributed by atoms with Gasteiger partial charge in [-0.1, -0.05) is 12.1 Å². The van der Waals surface area contributed by atoms with Crippen LogP contribution in [0.3, 0.4) is 0 Å². The van der Waals surface area contributed by atoms with E-state index in [1.165, 1.54) is 0 Å². The molecule has 0 amide bonds. The number of benzene rings is 1. The van der Waals surface area contributed by atoms with Crippen molar-refractivity contribution in [3.05, 3.63) is 29.6 Å². The molecule has 1 aromatic rings. The lowest BCUT2D eigenvalue weighted by Gasteiger charge is -2.12. The molecule has 4 heteroatoms. The summed E-state index contributed by atoms with van der Waals surface area (Å²) in [6.45, 7) is 2.05. The fraction of sp³-hybridized carbons (Fsp3) is 0.500. The summed E-state index contributed by atoms with van der Waals surface area (Å²) >= 11 is 0. The summed E-state index contributed by atoms with van der Waals surface area (Å²) in [6, 6.07) is 7.56. The highest BCUT2D eigenvalue weighted by Gasteiger charge is 2.24. The highest BCUT2D eigenvalue weighted by Crippen LogP contribution is 2.21. The Labute approximate surface area is 107 Å². The van der Waals surface area contributed by atoms with Crippen LogP contribution in [0.1, 0.15) is 24.8 Å². The van der Waals surface area contributed by atoms with E-state index < -0.39 is 0 Å². The first-order valence-electron chi connectivity index (χ1n) is 6.24. The second-order valence-corrected chi connectivity index (χ2v) is 4.65. The Morgan fingerprint density at radius 2 is 2.33 bits per heavy atom. The second kappa shape index (κ2) is 5.83. The Bertz CT molecular complexity index is 452. The SMILES string of the molecule is Cc1cccc(OCCC(C#N)NC2CC2)c1F. The van der Waals surface area contributed by atoms with Crippen LogP contribution >= 0.6 is 0 Å². The maximum Gasteiger partial charge on any atom is 0.167 e. The molecule has 1 aliphatic carbocycles. The van der Waals surface area contributed by atoms with Crippen LogP contribution in [0, 0.1) is 24.1 Å². The van der Waals surface area contributed by atoms with Gasteiger partial charge in [-0.2, -0.15) is 5.26 Å². The van der Waals surface area contributed by atoms with Crippen LogP contribution in [0.2, 0.25) is 0 Å². The van der Waals surface area contributed by atoms with Gasteiger partial charge in [0.15, 0.2) is 11.6 Å². The lowest BCUT2D eigenvalue weighted by atomic mass is 10.2. The molecule has 0 radical (unpaired) electrons. The van der Waals surface area contributed by atoms with Crippen molar-refractivity contribution in [1.29, 1.82) is 5.26 Å². The van der Waals surface area contributed by atoms with Gasteiger partial charge < -0.3 is 4.74 Å². The molecule has 0 saturated heterocycles. The minimum atomic E-state index is -0.318. The van der Waals surface area contributed by atoms with Gasteiger partial charge in [0.25, 0.3) is 0 Å². The number of nitrogens with one attached hydrogen (secondary N) is 1. The summed E-state index contributed by atoms with van der Waals surface area (Å²) in [4.78, 5) is 0. The third-order valence-electron chi connectivity index (χ3n) is 2.99. The normalized spacial score (nSPS) is 16.1. The van der Waals surface area contributed by atoms with Crippen molar-refractivity contribution in [2.45, 2.75) is 38.3 Å². The molecule has 0 aromatic heterocycles. The summed E-state index contributed by atoms with van der Waals surface area (Å²) in [5.74, 6) is -0.0562. The highest BCUT2D eigenvalue weighted by molar-refractivity contribution is 5.30. The zero-order valence-electron chi connectivity index (χ0n) is 10.4. The standard InChI is InChI=1S/C14H17FN2O/c1-10-3-2-4-13(14(10)15)18-8-7-12(9-16)17-11-5-6-11/h2-4,11-12,17H,5-8H2,1H3. The first-order chi connectivity index (χ1) is 8.70. The average molecular weight is 248 g/mol. The van der Waals surface area contributed by atoms with Crippen molar-refractivity contribution in [2.24, 2.45) is 0 Å². The molecule has 96 valence electrons. The van der Waals surface area contributed by atoms with Crippen molar-refractivity contribution in [2.75, 3.05) is 6.61 Å². The fourth-order valence-corrected chi connectivity index (χ4v) is 1.74. The Kier molecular flexibility index (Phi) is 4.16. The zero-order valence-corrected chi connectivity index (χ0v) is 10.4. The number of nitrogens with zero attached hydrogens (tertiary/aromatic N) is 1. The van der Waals surface area contributed by atoms with Crippen LogP contribution in [0.25, 0.3) is 0 Å². The third kappa shape index (κ3) is 3.44. The maximum atomic E-state index is 13.6. The van der Waals surface area contributed by atoms with Crippen molar-refractivity contribution in [3.63, 3.8) is 0 Å². The minimum absolute atomic E-state index is 0.203. The molecule has 0 spiro atoms. The molecule has 1 unspecified atom stereocenters. The van der Waals surface area contributed by atoms with Crippen LogP contribution < -0.4 is 10.1 Å². The van der Waals surface area contributed by atoms with Crippen LogP contribution in [-0.4, -0.2) is 18.7 Å². The highest BCUT2D eigenvalue weighted by atomic mass is 19.1. The number of hydrogen-bond acceptors (Lipinski definition) is 3. The zero-order chi connectivity index (χ0) is 13.0. The molecular formula is C14H17FN2O. The number of ether oxygens (including phenoxy) is 1. The van der Waals surface area contributed by atoms with E-state index >= 15 is 0 Å². The van der Waals surface area contributed by atoms with Gasteiger partial charge in [0, 0.05) is 12.5 Å². The van der Waals surface area contributed by atoms with E-state index in [0.717, 1.165) is 12.8 Å². The topological polar surface area (TPSA) is 45.0 Å². The summed E-state index contributed by atoms with van der Waals surface area (Å²) < 4.78 is 19.0. The number of nitriles is 1. The third-order valence-corrected chi connectivity index (χ3v) is 2.99. The van der Waals surface area contributed by atoms with Crippen molar-refractivity contribution < 1.29 is 9.13 Å². The molecule has 0 bridgehead atoms. The van der Waals surface area contributed by atoms with Gasteiger partial charge in [-0.25, -0.2) is 4.39 Å². The van der Waals surface area contributed by atoms with Gasteiger partial charge >= 0.3 is 0 Å².